The Kier molecular flexibility index (Phi) is 8.62. The van der Waals surface area contributed by atoms with Crippen molar-refractivity contribution in [2.24, 2.45) is 4.99 Å². The van der Waals surface area contributed by atoms with Gasteiger partial charge < -0.3 is 16.0 Å². The molecule has 0 aromatic heterocycles. The molecule has 1 rings (SSSR count). The van der Waals surface area contributed by atoms with E-state index >= 15 is 0 Å². The van der Waals surface area contributed by atoms with E-state index in [1.165, 1.54) is 0 Å². The molecule has 1 aromatic rings. The van der Waals surface area contributed by atoms with Crippen molar-refractivity contribution in [3.63, 3.8) is 0 Å². The number of benzene rings is 1. The number of nitrogens with one attached hydrogen (secondary N) is 3. The van der Waals surface area contributed by atoms with Crippen LogP contribution in [-0.2, 0) is 4.79 Å². The average molecular weight is 415 g/mol. The number of aryl methyl sites for hydroxylation is 1. The third kappa shape index (κ3) is 7.57. The summed E-state index contributed by atoms with van der Waals surface area (Å²) in [5.74, 6) is 0.687. The van der Waals surface area contributed by atoms with E-state index in [4.69, 9.17) is 0 Å². The maximum absolute atomic E-state index is 12.1. The van der Waals surface area contributed by atoms with Gasteiger partial charge in [-0.1, -0.05) is 22.0 Å². The van der Waals surface area contributed by atoms with Crippen molar-refractivity contribution < 1.29 is 4.79 Å². The van der Waals surface area contributed by atoms with Crippen LogP contribution in [0.2, 0.25) is 0 Å². The third-order valence-corrected chi connectivity index (χ3v) is 5.32. The van der Waals surface area contributed by atoms with Crippen LogP contribution in [0, 0.1) is 6.92 Å². The molecule has 3 N–H and O–H groups in total. The lowest BCUT2D eigenvalue weighted by atomic mass is 10.2. The van der Waals surface area contributed by atoms with E-state index in [-0.39, 0.29) is 10.7 Å². The fraction of sp³-hybridized carbons (Fsp3) is 0.529. The summed E-state index contributed by atoms with van der Waals surface area (Å²) in [6.07, 6.45) is 2.46. The quantitative estimate of drug-likeness (QED) is 0.472. The Morgan fingerprint density at radius 1 is 1.33 bits per heavy atom. The molecule has 0 heterocycles. The Morgan fingerprint density at radius 2 is 2.04 bits per heavy atom. The van der Waals surface area contributed by atoms with Gasteiger partial charge in [-0.05, 0) is 44.7 Å². The van der Waals surface area contributed by atoms with E-state index in [0.717, 1.165) is 22.3 Å². The molecular formula is C17H27BrN4OS. The number of hydrogen-bond donors (Lipinski definition) is 3. The van der Waals surface area contributed by atoms with Gasteiger partial charge in [0.25, 0.3) is 0 Å². The van der Waals surface area contributed by atoms with Crippen LogP contribution < -0.4 is 16.0 Å². The highest BCUT2D eigenvalue weighted by Gasteiger charge is 2.16. The normalized spacial score (nSPS) is 12.0. The Balaban J connectivity index is 2.40. The molecule has 0 atom stereocenters. The molecule has 0 radical (unpaired) electrons. The van der Waals surface area contributed by atoms with Crippen molar-refractivity contribution in [3.8, 4) is 0 Å². The van der Waals surface area contributed by atoms with Crippen molar-refractivity contribution >= 4 is 45.2 Å². The number of amides is 1. The summed E-state index contributed by atoms with van der Waals surface area (Å²) >= 11 is 5.22. The second kappa shape index (κ2) is 9.93. The standard InChI is InChI=1S/C17H27BrN4OS/c1-12-6-7-13(18)10-14(12)22-15(23)8-9-20-16(19-4)21-11-17(2,3)24-5/h6-7,10H,8-9,11H2,1-5H3,(H,22,23)(H2,19,20,21). The maximum atomic E-state index is 12.1. The largest absolute Gasteiger partial charge is 0.356 e. The highest BCUT2D eigenvalue weighted by Crippen LogP contribution is 2.21. The number of carbonyl (C=O) groups is 1. The molecule has 0 spiro atoms. The van der Waals surface area contributed by atoms with Crippen LogP contribution in [0.5, 0.6) is 0 Å². The van der Waals surface area contributed by atoms with Crippen molar-refractivity contribution in [1.82, 2.24) is 10.6 Å². The van der Waals surface area contributed by atoms with Gasteiger partial charge in [0.05, 0.1) is 0 Å². The lowest BCUT2D eigenvalue weighted by molar-refractivity contribution is -0.116. The minimum atomic E-state index is -0.0244. The van der Waals surface area contributed by atoms with Crippen LogP contribution in [0.25, 0.3) is 0 Å². The summed E-state index contributed by atoms with van der Waals surface area (Å²) in [4.78, 5) is 16.3. The highest BCUT2D eigenvalue weighted by atomic mass is 79.9. The predicted molar refractivity (Wildman–Crippen MR) is 109 cm³/mol. The molecule has 0 unspecified atom stereocenters. The fourth-order valence-corrected chi connectivity index (χ4v) is 2.40. The zero-order valence-electron chi connectivity index (χ0n) is 15.0. The van der Waals surface area contributed by atoms with Gasteiger partial charge in [-0.15, -0.1) is 0 Å². The topological polar surface area (TPSA) is 65.5 Å². The van der Waals surface area contributed by atoms with Crippen LogP contribution >= 0.6 is 27.7 Å². The number of carbonyl (C=O) groups excluding carboxylic acids is 1. The van der Waals surface area contributed by atoms with Gasteiger partial charge in [0.2, 0.25) is 5.91 Å². The van der Waals surface area contributed by atoms with Crippen molar-refractivity contribution in [2.75, 3.05) is 31.7 Å². The molecule has 0 aliphatic heterocycles. The molecule has 0 aliphatic rings. The van der Waals surface area contributed by atoms with Crippen LogP contribution in [-0.4, -0.2) is 43.0 Å². The van der Waals surface area contributed by atoms with E-state index in [2.05, 4.69) is 57.0 Å². The summed E-state index contributed by atoms with van der Waals surface area (Å²) < 4.78 is 1.08. The summed E-state index contributed by atoms with van der Waals surface area (Å²) in [5, 5.41) is 9.38. The first-order valence-corrected chi connectivity index (χ1v) is 9.85. The SMILES string of the molecule is CN=C(NCCC(=O)Nc1cc(Br)ccc1C)NCC(C)(C)SC. The summed E-state index contributed by atoms with van der Waals surface area (Å²) in [6.45, 7) is 7.65. The number of nitrogens with zero attached hydrogens (tertiary/aromatic N) is 1. The molecular weight excluding hydrogens is 388 g/mol. The molecule has 24 heavy (non-hydrogen) atoms. The van der Waals surface area contributed by atoms with Gasteiger partial charge in [-0.25, -0.2) is 0 Å². The lowest BCUT2D eigenvalue weighted by Gasteiger charge is -2.23. The second-order valence-corrected chi connectivity index (χ2v) is 8.50. The number of rotatable bonds is 7. The first-order valence-electron chi connectivity index (χ1n) is 7.83. The Labute approximate surface area is 157 Å². The molecule has 1 aromatic carbocycles. The summed E-state index contributed by atoms with van der Waals surface area (Å²) in [6, 6.07) is 5.83. The van der Waals surface area contributed by atoms with Gasteiger partial charge in [-0.3, -0.25) is 9.79 Å². The Morgan fingerprint density at radius 3 is 2.67 bits per heavy atom. The van der Waals surface area contributed by atoms with Gasteiger partial charge in [-0.2, -0.15) is 11.8 Å². The number of hydrogen-bond acceptors (Lipinski definition) is 3. The summed E-state index contributed by atoms with van der Waals surface area (Å²) in [7, 11) is 1.73. The van der Waals surface area contributed by atoms with E-state index in [1.807, 2.05) is 25.1 Å². The predicted octanol–water partition coefficient (Wildman–Crippen LogP) is 3.39. The zero-order valence-corrected chi connectivity index (χ0v) is 17.4. The van der Waals surface area contributed by atoms with E-state index in [0.29, 0.717) is 18.9 Å². The number of guanidine groups is 1. The highest BCUT2D eigenvalue weighted by molar-refractivity contribution is 9.10. The van der Waals surface area contributed by atoms with E-state index in [1.54, 1.807) is 18.8 Å². The second-order valence-electron chi connectivity index (χ2n) is 6.07. The van der Waals surface area contributed by atoms with Crippen LogP contribution in [0.3, 0.4) is 0 Å². The molecule has 134 valence electrons. The molecule has 5 nitrogen and oxygen atoms in total. The number of halogens is 1. The van der Waals surface area contributed by atoms with Crippen molar-refractivity contribution in [3.05, 3.63) is 28.2 Å². The summed E-state index contributed by atoms with van der Waals surface area (Å²) in [5.41, 5.74) is 1.87. The third-order valence-electron chi connectivity index (χ3n) is 3.58. The molecule has 0 fully saturated rings. The molecule has 1 amide bonds. The Bertz CT molecular complexity index is 590. The maximum Gasteiger partial charge on any atom is 0.226 e. The van der Waals surface area contributed by atoms with Crippen molar-refractivity contribution in [2.45, 2.75) is 31.9 Å². The Hall–Kier alpha value is -1.21. The molecule has 0 bridgehead atoms. The van der Waals surface area contributed by atoms with Gasteiger partial charge in [0.15, 0.2) is 5.96 Å². The minimum Gasteiger partial charge on any atom is -0.356 e. The molecule has 0 saturated carbocycles. The van der Waals surface area contributed by atoms with E-state index < -0.39 is 0 Å². The zero-order chi connectivity index (χ0) is 18.2. The molecule has 0 aliphatic carbocycles. The minimum absolute atomic E-state index is 0.0244. The molecule has 0 saturated heterocycles. The number of thioether (sulfide) groups is 1. The first kappa shape index (κ1) is 20.8. The smallest absolute Gasteiger partial charge is 0.226 e. The van der Waals surface area contributed by atoms with Gasteiger partial charge in [0, 0.05) is 41.5 Å². The average Bonchev–Trinajstić information content (AvgIpc) is 2.54. The van der Waals surface area contributed by atoms with Crippen LogP contribution in [0.1, 0.15) is 25.8 Å². The number of aliphatic imine (C=N–C) groups is 1. The van der Waals surface area contributed by atoms with Crippen molar-refractivity contribution in [1.29, 1.82) is 0 Å². The lowest BCUT2D eigenvalue weighted by Crippen LogP contribution is -2.44. The first-order chi connectivity index (χ1) is 11.3. The molecule has 7 heteroatoms. The van der Waals surface area contributed by atoms with Gasteiger partial charge in [0.1, 0.15) is 0 Å². The fourth-order valence-electron chi connectivity index (χ4n) is 1.83. The van der Waals surface area contributed by atoms with E-state index in [9.17, 15) is 4.79 Å². The monoisotopic (exact) mass is 414 g/mol. The van der Waals surface area contributed by atoms with Crippen LogP contribution in [0.15, 0.2) is 27.7 Å². The number of anilines is 1. The van der Waals surface area contributed by atoms with Crippen LogP contribution in [0.4, 0.5) is 5.69 Å². The van der Waals surface area contributed by atoms with Gasteiger partial charge >= 0.3 is 0 Å².